The standard InChI is InChI=1S/C10H9BrN2S.C4H8.C2H6/c1-12-10-6-9(13-14-10)7-2-4-8(11)5-3-7;1-4-2-3-4;1-2/h2-6,12H,1H3;4H,2-3H2,1H3;1-2H3. The number of nitrogens with one attached hydrogen (secondary N) is 1. The molecule has 20 heavy (non-hydrogen) atoms. The van der Waals surface area contributed by atoms with E-state index in [4.69, 9.17) is 0 Å². The second-order valence-electron chi connectivity index (χ2n) is 4.52. The maximum absolute atomic E-state index is 4.35. The van der Waals surface area contributed by atoms with Gasteiger partial charge in [0.05, 0.1) is 5.69 Å². The van der Waals surface area contributed by atoms with Crippen LogP contribution in [0.3, 0.4) is 0 Å². The van der Waals surface area contributed by atoms with Gasteiger partial charge in [-0.25, -0.2) is 0 Å². The van der Waals surface area contributed by atoms with Gasteiger partial charge in [0.15, 0.2) is 0 Å². The summed E-state index contributed by atoms with van der Waals surface area (Å²) in [6, 6.07) is 10.2. The molecule has 110 valence electrons. The number of hydrogen-bond acceptors (Lipinski definition) is 3. The molecule has 1 N–H and O–H groups in total. The van der Waals surface area contributed by atoms with Crippen molar-refractivity contribution < 1.29 is 0 Å². The van der Waals surface area contributed by atoms with Gasteiger partial charge in [-0.05, 0) is 29.6 Å². The lowest BCUT2D eigenvalue weighted by atomic mass is 10.2. The Morgan fingerprint density at radius 1 is 1.20 bits per heavy atom. The number of benzene rings is 1. The van der Waals surface area contributed by atoms with Crippen LogP contribution in [0.5, 0.6) is 0 Å². The molecule has 4 heteroatoms. The van der Waals surface area contributed by atoms with E-state index in [1.165, 1.54) is 24.4 Å². The van der Waals surface area contributed by atoms with Gasteiger partial charge in [0, 0.05) is 23.2 Å². The molecule has 0 amide bonds. The molecule has 0 spiro atoms. The monoisotopic (exact) mass is 354 g/mol. The topological polar surface area (TPSA) is 24.9 Å². The summed E-state index contributed by atoms with van der Waals surface area (Å²) in [5, 5.41) is 4.16. The Bertz CT molecular complexity index is 489. The van der Waals surface area contributed by atoms with Crippen LogP contribution in [-0.2, 0) is 0 Å². The van der Waals surface area contributed by atoms with Crippen molar-refractivity contribution in [1.29, 1.82) is 0 Å². The minimum atomic E-state index is 1.02. The molecule has 0 radical (unpaired) electrons. The molecule has 1 saturated carbocycles. The van der Waals surface area contributed by atoms with Gasteiger partial charge in [-0.1, -0.05) is 61.7 Å². The third-order valence-electron chi connectivity index (χ3n) is 2.76. The Kier molecular flexibility index (Phi) is 7.85. The van der Waals surface area contributed by atoms with E-state index >= 15 is 0 Å². The van der Waals surface area contributed by atoms with Gasteiger partial charge in [-0.2, -0.15) is 4.37 Å². The van der Waals surface area contributed by atoms with Gasteiger partial charge in [-0.3, -0.25) is 0 Å². The lowest BCUT2D eigenvalue weighted by molar-refractivity contribution is 0.983. The van der Waals surface area contributed by atoms with Crippen LogP contribution in [0, 0.1) is 5.92 Å². The number of aromatic nitrogens is 1. The largest absolute Gasteiger partial charge is 0.379 e. The third kappa shape index (κ3) is 6.06. The molecule has 0 unspecified atom stereocenters. The predicted molar refractivity (Wildman–Crippen MR) is 94.5 cm³/mol. The molecule has 1 aliphatic carbocycles. The van der Waals surface area contributed by atoms with Gasteiger partial charge in [0.25, 0.3) is 0 Å². The van der Waals surface area contributed by atoms with Crippen LogP contribution in [0.15, 0.2) is 34.8 Å². The Hall–Kier alpha value is -0.870. The Morgan fingerprint density at radius 3 is 2.15 bits per heavy atom. The van der Waals surface area contributed by atoms with E-state index in [1.807, 2.05) is 39.1 Å². The van der Waals surface area contributed by atoms with Gasteiger partial charge in [0.2, 0.25) is 0 Å². The van der Waals surface area contributed by atoms with E-state index in [0.717, 1.165) is 26.6 Å². The van der Waals surface area contributed by atoms with Crippen LogP contribution in [-0.4, -0.2) is 11.4 Å². The maximum atomic E-state index is 4.35. The molecular formula is C16H23BrN2S. The molecule has 0 saturated heterocycles. The van der Waals surface area contributed by atoms with Gasteiger partial charge in [0.1, 0.15) is 5.00 Å². The Morgan fingerprint density at radius 2 is 1.75 bits per heavy atom. The van der Waals surface area contributed by atoms with Crippen molar-refractivity contribution in [2.45, 2.75) is 33.6 Å². The normalized spacial score (nSPS) is 12.7. The molecule has 1 aliphatic rings. The quantitative estimate of drug-likeness (QED) is 0.709. The zero-order chi connectivity index (χ0) is 15.0. The summed E-state index contributed by atoms with van der Waals surface area (Å²) >= 11 is 4.88. The highest BCUT2D eigenvalue weighted by molar-refractivity contribution is 9.10. The summed E-state index contributed by atoms with van der Waals surface area (Å²) in [4.78, 5) is 0. The number of hydrogen-bond donors (Lipinski definition) is 1. The van der Waals surface area contributed by atoms with Crippen molar-refractivity contribution in [3.8, 4) is 11.3 Å². The van der Waals surface area contributed by atoms with Gasteiger partial charge in [-0.15, -0.1) is 0 Å². The molecule has 2 nitrogen and oxygen atoms in total. The van der Waals surface area contributed by atoms with Crippen molar-refractivity contribution >= 4 is 32.5 Å². The number of anilines is 1. The van der Waals surface area contributed by atoms with Crippen molar-refractivity contribution in [3.63, 3.8) is 0 Å². The summed E-state index contributed by atoms with van der Waals surface area (Å²) in [7, 11) is 1.90. The molecular weight excluding hydrogens is 332 g/mol. The van der Waals surface area contributed by atoms with Crippen LogP contribution in [0.2, 0.25) is 0 Å². The molecule has 0 atom stereocenters. The zero-order valence-electron chi connectivity index (χ0n) is 12.6. The summed E-state index contributed by atoms with van der Waals surface area (Å²) in [6.45, 7) is 6.28. The summed E-state index contributed by atoms with van der Waals surface area (Å²) < 4.78 is 5.44. The minimum absolute atomic E-state index is 1.02. The van der Waals surface area contributed by atoms with Crippen molar-refractivity contribution in [1.82, 2.24) is 4.37 Å². The number of rotatable bonds is 2. The summed E-state index contributed by atoms with van der Waals surface area (Å²) in [5.74, 6) is 1.08. The first kappa shape index (κ1) is 17.2. The number of halogens is 1. The van der Waals surface area contributed by atoms with Crippen LogP contribution >= 0.6 is 27.5 Å². The second kappa shape index (κ2) is 9.14. The molecule has 1 aromatic carbocycles. The van der Waals surface area contributed by atoms with Crippen molar-refractivity contribution in [2.24, 2.45) is 5.92 Å². The molecule has 1 aromatic heterocycles. The lowest BCUT2D eigenvalue weighted by Crippen LogP contribution is -1.80. The maximum Gasteiger partial charge on any atom is 0.109 e. The fourth-order valence-electron chi connectivity index (χ4n) is 1.32. The Balaban J connectivity index is 0.000000281. The molecule has 1 fully saturated rings. The molecule has 0 bridgehead atoms. The molecule has 2 aromatic rings. The highest BCUT2D eigenvalue weighted by Crippen LogP contribution is 2.27. The van der Waals surface area contributed by atoms with E-state index in [-0.39, 0.29) is 0 Å². The van der Waals surface area contributed by atoms with Crippen molar-refractivity contribution in [3.05, 3.63) is 34.8 Å². The first-order valence-corrected chi connectivity index (χ1v) is 8.66. The van der Waals surface area contributed by atoms with Crippen LogP contribution in [0.4, 0.5) is 5.00 Å². The van der Waals surface area contributed by atoms with Crippen LogP contribution in [0.25, 0.3) is 11.3 Å². The van der Waals surface area contributed by atoms with Gasteiger partial charge < -0.3 is 5.32 Å². The zero-order valence-corrected chi connectivity index (χ0v) is 15.0. The Labute approximate surface area is 134 Å². The first-order chi connectivity index (χ1) is 9.69. The average molecular weight is 355 g/mol. The van der Waals surface area contributed by atoms with E-state index < -0.39 is 0 Å². The highest BCUT2D eigenvalue weighted by Gasteiger charge is 2.12. The van der Waals surface area contributed by atoms with Crippen LogP contribution < -0.4 is 5.32 Å². The van der Waals surface area contributed by atoms with Gasteiger partial charge >= 0.3 is 0 Å². The average Bonchev–Trinajstić information content (AvgIpc) is 3.12. The smallest absolute Gasteiger partial charge is 0.109 e. The molecule has 0 aliphatic heterocycles. The van der Waals surface area contributed by atoms with E-state index in [9.17, 15) is 0 Å². The fraction of sp³-hybridized carbons (Fsp3) is 0.438. The predicted octanol–water partition coefficient (Wildman–Crippen LogP) is 6.06. The summed E-state index contributed by atoms with van der Waals surface area (Å²) in [5.41, 5.74) is 2.16. The van der Waals surface area contributed by atoms with E-state index in [2.05, 4.69) is 44.7 Å². The molecule has 1 heterocycles. The fourth-order valence-corrected chi connectivity index (χ4v) is 2.19. The van der Waals surface area contributed by atoms with E-state index in [0.29, 0.717) is 0 Å². The van der Waals surface area contributed by atoms with Crippen molar-refractivity contribution in [2.75, 3.05) is 12.4 Å². The number of nitrogens with zero attached hydrogens (tertiary/aromatic N) is 1. The van der Waals surface area contributed by atoms with Crippen LogP contribution in [0.1, 0.15) is 33.6 Å². The third-order valence-corrected chi connectivity index (χ3v) is 4.10. The lowest BCUT2D eigenvalue weighted by Gasteiger charge is -1.95. The minimum Gasteiger partial charge on any atom is -0.379 e. The highest BCUT2D eigenvalue weighted by atomic mass is 79.9. The SMILES string of the molecule is CC.CC1CC1.CNc1cc(-c2ccc(Br)cc2)ns1. The van der Waals surface area contributed by atoms with E-state index in [1.54, 1.807) is 0 Å². The molecule has 3 rings (SSSR count). The summed E-state index contributed by atoms with van der Waals surface area (Å²) in [6.07, 6.45) is 2.97. The second-order valence-corrected chi connectivity index (χ2v) is 6.24. The first-order valence-electron chi connectivity index (χ1n) is 7.09.